The smallest absolute Gasteiger partial charge is 0.251 e. The lowest BCUT2D eigenvalue weighted by Gasteiger charge is -2.08. The Morgan fingerprint density at radius 3 is 2.69 bits per heavy atom. The zero-order chi connectivity index (χ0) is 12.1. The number of anilines is 1. The van der Waals surface area contributed by atoms with Crippen molar-refractivity contribution in [2.75, 3.05) is 18.5 Å². The van der Waals surface area contributed by atoms with Crippen molar-refractivity contribution >= 4 is 23.4 Å². The number of rotatable bonds is 4. The predicted molar refractivity (Wildman–Crippen MR) is 69.8 cm³/mol. The number of hydrogen-bond donors (Lipinski definition) is 2. The first-order valence-corrected chi connectivity index (χ1v) is 6.27. The molecule has 1 aromatic carbocycles. The minimum Gasteiger partial charge on any atom is -0.398 e. The summed E-state index contributed by atoms with van der Waals surface area (Å²) in [6.45, 7) is 4.34. The zero-order valence-electron chi connectivity index (χ0n) is 9.91. The average Bonchev–Trinajstić information content (AvgIpc) is 2.26. The number of carbonyl (C=O) groups is 1. The highest BCUT2D eigenvalue weighted by molar-refractivity contribution is 7.99. The van der Waals surface area contributed by atoms with Gasteiger partial charge in [-0.3, -0.25) is 4.79 Å². The van der Waals surface area contributed by atoms with Crippen LogP contribution in [-0.2, 0) is 0 Å². The van der Waals surface area contributed by atoms with Gasteiger partial charge in [0.1, 0.15) is 0 Å². The van der Waals surface area contributed by atoms with Crippen molar-refractivity contribution in [1.29, 1.82) is 0 Å². The Hall–Kier alpha value is -1.16. The normalized spacial score (nSPS) is 10.5. The van der Waals surface area contributed by atoms with E-state index in [0.29, 0.717) is 17.2 Å². The topological polar surface area (TPSA) is 55.1 Å². The Morgan fingerprint density at radius 1 is 1.50 bits per heavy atom. The van der Waals surface area contributed by atoms with Crippen molar-refractivity contribution in [2.24, 2.45) is 5.92 Å². The molecule has 1 aromatic rings. The van der Waals surface area contributed by atoms with Gasteiger partial charge in [0.05, 0.1) is 0 Å². The molecule has 88 valence electrons. The fourth-order valence-electron chi connectivity index (χ4n) is 1.22. The molecule has 16 heavy (non-hydrogen) atoms. The molecule has 0 saturated heterocycles. The van der Waals surface area contributed by atoms with Gasteiger partial charge in [0.15, 0.2) is 0 Å². The molecule has 0 bridgehead atoms. The standard InChI is InChI=1S/C12H18N2OS/c1-8(2)7-16-11-5-4-9(6-10(11)13)12(15)14-3/h4-6,8H,7,13H2,1-3H3,(H,14,15). The summed E-state index contributed by atoms with van der Waals surface area (Å²) in [5.41, 5.74) is 7.18. The molecule has 0 radical (unpaired) electrons. The Labute approximate surface area is 101 Å². The quantitative estimate of drug-likeness (QED) is 0.625. The van der Waals surface area contributed by atoms with Gasteiger partial charge in [0, 0.05) is 28.9 Å². The molecule has 0 atom stereocenters. The number of hydrogen-bond acceptors (Lipinski definition) is 3. The van der Waals surface area contributed by atoms with Crippen LogP contribution in [-0.4, -0.2) is 18.7 Å². The van der Waals surface area contributed by atoms with Gasteiger partial charge in [-0.15, -0.1) is 11.8 Å². The van der Waals surface area contributed by atoms with Gasteiger partial charge < -0.3 is 11.1 Å². The molecule has 1 rings (SSSR count). The number of nitrogen functional groups attached to an aromatic ring is 1. The van der Waals surface area contributed by atoms with E-state index in [1.165, 1.54) is 0 Å². The van der Waals surface area contributed by atoms with Gasteiger partial charge in [0.2, 0.25) is 0 Å². The van der Waals surface area contributed by atoms with Crippen LogP contribution < -0.4 is 11.1 Å². The lowest BCUT2D eigenvalue weighted by molar-refractivity contribution is 0.0963. The molecule has 1 amide bonds. The van der Waals surface area contributed by atoms with Crippen LogP contribution in [0.4, 0.5) is 5.69 Å². The molecular formula is C12H18N2OS. The van der Waals surface area contributed by atoms with Crippen LogP contribution in [0.5, 0.6) is 0 Å². The Kier molecular flexibility index (Phi) is 4.68. The van der Waals surface area contributed by atoms with Gasteiger partial charge in [-0.2, -0.15) is 0 Å². The molecule has 0 heterocycles. The molecule has 3 nitrogen and oxygen atoms in total. The maximum Gasteiger partial charge on any atom is 0.251 e. The van der Waals surface area contributed by atoms with Crippen LogP contribution in [0, 0.1) is 5.92 Å². The van der Waals surface area contributed by atoms with Crippen molar-refractivity contribution in [1.82, 2.24) is 5.32 Å². The number of carbonyl (C=O) groups excluding carboxylic acids is 1. The molecule has 0 unspecified atom stereocenters. The minimum absolute atomic E-state index is 0.105. The molecule has 0 fully saturated rings. The summed E-state index contributed by atoms with van der Waals surface area (Å²) in [5, 5.41) is 2.58. The van der Waals surface area contributed by atoms with Gasteiger partial charge >= 0.3 is 0 Å². The van der Waals surface area contributed by atoms with E-state index in [-0.39, 0.29) is 5.91 Å². The van der Waals surface area contributed by atoms with Crippen LogP contribution in [0.1, 0.15) is 24.2 Å². The summed E-state index contributed by atoms with van der Waals surface area (Å²) in [7, 11) is 1.61. The second kappa shape index (κ2) is 5.80. The fourth-order valence-corrected chi connectivity index (χ4v) is 2.12. The van der Waals surface area contributed by atoms with Crippen molar-refractivity contribution < 1.29 is 4.79 Å². The number of nitrogens with two attached hydrogens (primary N) is 1. The van der Waals surface area contributed by atoms with E-state index in [9.17, 15) is 4.79 Å². The summed E-state index contributed by atoms with van der Waals surface area (Å²) in [5.74, 6) is 1.55. The molecule has 0 aliphatic carbocycles. The van der Waals surface area contributed by atoms with E-state index in [4.69, 9.17) is 5.73 Å². The second-order valence-electron chi connectivity index (χ2n) is 4.04. The minimum atomic E-state index is -0.105. The first-order chi connectivity index (χ1) is 7.54. The summed E-state index contributed by atoms with van der Waals surface area (Å²) in [4.78, 5) is 12.4. The molecule has 0 aliphatic heterocycles. The maximum absolute atomic E-state index is 11.4. The van der Waals surface area contributed by atoms with Crippen LogP contribution in [0.2, 0.25) is 0 Å². The lowest BCUT2D eigenvalue weighted by atomic mass is 10.2. The Morgan fingerprint density at radius 2 is 2.19 bits per heavy atom. The molecule has 4 heteroatoms. The highest BCUT2D eigenvalue weighted by atomic mass is 32.2. The van der Waals surface area contributed by atoms with Gasteiger partial charge in [-0.05, 0) is 24.1 Å². The first kappa shape index (κ1) is 12.9. The fraction of sp³-hybridized carbons (Fsp3) is 0.417. The van der Waals surface area contributed by atoms with E-state index < -0.39 is 0 Å². The SMILES string of the molecule is CNC(=O)c1ccc(SCC(C)C)c(N)c1. The van der Waals surface area contributed by atoms with Crippen molar-refractivity contribution in [3.8, 4) is 0 Å². The third-order valence-corrected chi connectivity index (χ3v) is 3.59. The maximum atomic E-state index is 11.4. The Bertz CT molecular complexity index is 377. The van der Waals surface area contributed by atoms with E-state index in [1.807, 2.05) is 6.07 Å². The molecule has 0 aromatic heterocycles. The van der Waals surface area contributed by atoms with E-state index >= 15 is 0 Å². The van der Waals surface area contributed by atoms with Crippen LogP contribution in [0.25, 0.3) is 0 Å². The number of amides is 1. The highest BCUT2D eigenvalue weighted by Gasteiger charge is 2.07. The molecule has 3 N–H and O–H groups in total. The van der Waals surface area contributed by atoms with Crippen molar-refractivity contribution in [3.05, 3.63) is 23.8 Å². The highest BCUT2D eigenvalue weighted by Crippen LogP contribution is 2.27. The van der Waals surface area contributed by atoms with Gasteiger partial charge in [0.25, 0.3) is 5.91 Å². The van der Waals surface area contributed by atoms with E-state index in [2.05, 4.69) is 19.2 Å². The first-order valence-electron chi connectivity index (χ1n) is 5.29. The summed E-state index contributed by atoms with van der Waals surface area (Å²) in [6.07, 6.45) is 0. The monoisotopic (exact) mass is 238 g/mol. The van der Waals surface area contributed by atoms with Crippen LogP contribution in [0.3, 0.4) is 0 Å². The van der Waals surface area contributed by atoms with Crippen LogP contribution in [0.15, 0.2) is 23.1 Å². The lowest BCUT2D eigenvalue weighted by Crippen LogP contribution is -2.17. The van der Waals surface area contributed by atoms with E-state index in [1.54, 1.807) is 30.9 Å². The van der Waals surface area contributed by atoms with Crippen molar-refractivity contribution in [3.63, 3.8) is 0 Å². The number of nitrogens with one attached hydrogen (secondary N) is 1. The number of thioether (sulfide) groups is 1. The molecule has 0 saturated carbocycles. The Balaban J connectivity index is 2.79. The largest absolute Gasteiger partial charge is 0.398 e. The summed E-state index contributed by atoms with van der Waals surface area (Å²) in [6, 6.07) is 5.44. The van der Waals surface area contributed by atoms with E-state index in [0.717, 1.165) is 10.6 Å². The number of benzene rings is 1. The third kappa shape index (κ3) is 3.45. The zero-order valence-corrected chi connectivity index (χ0v) is 10.7. The second-order valence-corrected chi connectivity index (χ2v) is 5.10. The van der Waals surface area contributed by atoms with Crippen LogP contribution >= 0.6 is 11.8 Å². The van der Waals surface area contributed by atoms with Gasteiger partial charge in [-0.1, -0.05) is 13.8 Å². The molecule has 0 spiro atoms. The van der Waals surface area contributed by atoms with Crippen molar-refractivity contribution in [2.45, 2.75) is 18.7 Å². The average molecular weight is 238 g/mol. The summed E-state index contributed by atoms with van der Waals surface area (Å²) < 4.78 is 0. The molecular weight excluding hydrogens is 220 g/mol. The third-order valence-electron chi connectivity index (χ3n) is 2.07. The van der Waals surface area contributed by atoms with Gasteiger partial charge in [-0.25, -0.2) is 0 Å². The molecule has 0 aliphatic rings. The summed E-state index contributed by atoms with van der Waals surface area (Å²) >= 11 is 1.73. The predicted octanol–water partition coefficient (Wildman–Crippen LogP) is 2.38.